The second-order valence-corrected chi connectivity index (χ2v) is 6.42. The lowest BCUT2D eigenvalue weighted by Crippen LogP contribution is -2.09. The van der Waals surface area contributed by atoms with E-state index < -0.39 is 5.97 Å². The summed E-state index contributed by atoms with van der Waals surface area (Å²) in [6.07, 6.45) is 1.49. The number of esters is 1. The van der Waals surface area contributed by atoms with E-state index in [1.54, 1.807) is 18.2 Å². The fourth-order valence-corrected chi connectivity index (χ4v) is 3.12. The van der Waals surface area contributed by atoms with Gasteiger partial charge in [0.1, 0.15) is 18.6 Å². The normalized spacial score (nSPS) is 10.7. The molecule has 0 aliphatic rings. The number of hydrogen-bond donors (Lipinski definition) is 0. The van der Waals surface area contributed by atoms with Gasteiger partial charge in [-0.05, 0) is 23.6 Å². The molecule has 0 saturated heterocycles. The maximum atomic E-state index is 11.9. The Kier molecular flexibility index (Phi) is 5.00. The maximum absolute atomic E-state index is 11.9. The third-order valence-corrected chi connectivity index (χ3v) is 4.61. The lowest BCUT2D eigenvalue weighted by Gasteiger charge is -2.06. The lowest BCUT2D eigenvalue weighted by molar-refractivity contribution is -0.144. The number of carbonyl (C=O) groups excluding carboxylic acids is 1. The Hall–Kier alpha value is -1.82. The van der Waals surface area contributed by atoms with Gasteiger partial charge < -0.3 is 9.15 Å². The number of thiophene rings is 1. The molecule has 1 aromatic carbocycles. The minimum atomic E-state index is -0.430. The van der Waals surface area contributed by atoms with Crippen molar-refractivity contribution in [2.75, 3.05) is 0 Å². The molecule has 0 fully saturated rings. The highest BCUT2D eigenvalue weighted by atomic mass is 35.5. The summed E-state index contributed by atoms with van der Waals surface area (Å²) in [5.41, 5.74) is 1.10. The highest BCUT2D eigenvalue weighted by Gasteiger charge is 2.13. The predicted molar refractivity (Wildman–Crippen MR) is 89.8 cm³/mol. The van der Waals surface area contributed by atoms with Crippen molar-refractivity contribution in [1.82, 2.24) is 4.98 Å². The summed E-state index contributed by atoms with van der Waals surface area (Å²) in [6.45, 7) is 0.0375. The van der Waals surface area contributed by atoms with Crippen LogP contribution in [0.4, 0.5) is 0 Å². The molecule has 4 nitrogen and oxygen atoms in total. The number of benzene rings is 1. The molecule has 7 heteroatoms. The highest BCUT2D eigenvalue weighted by Crippen LogP contribution is 2.26. The largest absolute Gasteiger partial charge is 0.459 e. The standard InChI is InChI=1S/C16H11Cl2NO3S/c17-12-3-1-4-13(18)11(12)7-15(20)21-8-10-9-22-16(19-10)14-5-2-6-23-14/h1-6,9H,7-8H2. The second kappa shape index (κ2) is 7.17. The highest BCUT2D eigenvalue weighted by molar-refractivity contribution is 7.13. The van der Waals surface area contributed by atoms with Crippen LogP contribution in [0.15, 0.2) is 46.4 Å². The molecular weight excluding hydrogens is 357 g/mol. The first-order valence-corrected chi connectivity index (χ1v) is 8.34. The molecule has 0 saturated carbocycles. The number of aromatic nitrogens is 1. The monoisotopic (exact) mass is 367 g/mol. The Morgan fingerprint density at radius 2 is 2.00 bits per heavy atom. The first kappa shape index (κ1) is 16.1. The van der Waals surface area contributed by atoms with Crippen molar-refractivity contribution in [2.24, 2.45) is 0 Å². The van der Waals surface area contributed by atoms with Crippen LogP contribution in [-0.2, 0) is 22.6 Å². The van der Waals surface area contributed by atoms with Crippen LogP contribution < -0.4 is 0 Å². The van der Waals surface area contributed by atoms with E-state index in [-0.39, 0.29) is 13.0 Å². The van der Waals surface area contributed by atoms with E-state index in [1.807, 2.05) is 17.5 Å². The van der Waals surface area contributed by atoms with E-state index in [2.05, 4.69) is 4.98 Å². The SMILES string of the molecule is O=C(Cc1c(Cl)cccc1Cl)OCc1coc(-c2cccs2)n1. The first-order chi connectivity index (χ1) is 11.1. The van der Waals surface area contributed by atoms with Gasteiger partial charge in [0.05, 0.1) is 11.3 Å². The van der Waals surface area contributed by atoms with Crippen LogP contribution in [0.2, 0.25) is 10.0 Å². The third-order valence-electron chi connectivity index (χ3n) is 3.05. The van der Waals surface area contributed by atoms with Gasteiger partial charge in [-0.15, -0.1) is 11.3 Å². The molecule has 0 amide bonds. The number of nitrogens with zero attached hydrogens (tertiary/aromatic N) is 1. The smallest absolute Gasteiger partial charge is 0.310 e. The van der Waals surface area contributed by atoms with Crippen molar-refractivity contribution < 1.29 is 13.9 Å². The average molecular weight is 368 g/mol. The van der Waals surface area contributed by atoms with Gasteiger partial charge in [-0.3, -0.25) is 4.79 Å². The van der Waals surface area contributed by atoms with Crippen molar-refractivity contribution >= 4 is 40.5 Å². The van der Waals surface area contributed by atoms with Crippen molar-refractivity contribution in [3.63, 3.8) is 0 Å². The van der Waals surface area contributed by atoms with E-state index in [9.17, 15) is 4.79 Å². The minimum absolute atomic E-state index is 0.00808. The van der Waals surface area contributed by atoms with Crippen LogP contribution in [0.1, 0.15) is 11.3 Å². The second-order valence-electron chi connectivity index (χ2n) is 4.66. The molecule has 0 N–H and O–H groups in total. The maximum Gasteiger partial charge on any atom is 0.310 e. The Morgan fingerprint density at radius 3 is 2.70 bits per heavy atom. The summed E-state index contributed by atoms with van der Waals surface area (Å²) in [4.78, 5) is 17.1. The molecule has 2 aromatic heterocycles. The molecule has 0 bridgehead atoms. The molecule has 0 atom stereocenters. The van der Waals surface area contributed by atoms with Crippen molar-refractivity contribution in [2.45, 2.75) is 13.0 Å². The Bertz CT molecular complexity index is 794. The Morgan fingerprint density at radius 1 is 1.22 bits per heavy atom. The molecule has 118 valence electrons. The Balaban J connectivity index is 1.59. The minimum Gasteiger partial charge on any atom is -0.459 e. The van der Waals surface area contributed by atoms with Gasteiger partial charge in [0, 0.05) is 15.6 Å². The number of ether oxygens (including phenoxy) is 1. The van der Waals surface area contributed by atoms with Crippen LogP contribution in [-0.4, -0.2) is 11.0 Å². The van der Waals surface area contributed by atoms with E-state index >= 15 is 0 Å². The average Bonchev–Trinajstić information content (AvgIpc) is 3.19. The van der Waals surface area contributed by atoms with Crippen LogP contribution in [0.5, 0.6) is 0 Å². The molecule has 23 heavy (non-hydrogen) atoms. The zero-order chi connectivity index (χ0) is 16.2. The molecule has 0 spiro atoms. The summed E-state index contributed by atoms with van der Waals surface area (Å²) in [5.74, 6) is 0.0841. The van der Waals surface area contributed by atoms with E-state index in [0.29, 0.717) is 27.2 Å². The van der Waals surface area contributed by atoms with Crippen LogP contribution in [0, 0.1) is 0 Å². The number of oxazole rings is 1. The summed E-state index contributed by atoms with van der Waals surface area (Å²) in [5, 5.41) is 2.82. The molecule has 0 radical (unpaired) electrons. The topological polar surface area (TPSA) is 52.3 Å². The van der Waals surface area contributed by atoms with E-state index in [0.717, 1.165) is 4.88 Å². The quantitative estimate of drug-likeness (QED) is 0.595. The fraction of sp³-hybridized carbons (Fsp3) is 0.125. The van der Waals surface area contributed by atoms with Crippen LogP contribution in [0.25, 0.3) is 10.8 Å². The van der Waals surface area contributed by atoms with Gasteiger partial charge in [0.25, 0.3) is 0 Å². The van der Waals surface area contributed by atoms with Crippen molar-refractivity contribution in [3.8, 4) is 10.8 Å². The van der Waals surface area contributed by atoms with E-state index in [4.69, 9.17) is 32.4 Å². The van der Waals surface area contributed by atoms with Crippen LogP contribution in [0.3, 0.4) is 0 Å². The Labute approximate surface area is 146 Å². The molecule has 0 unspecified atom stereocenters. The lowest BCUT2D eigenvalue weighted by atomic mass is 10.1. The molecule has 3 rings (SSSR count). The van der Waals surface area contributed by atoms with Crippen molar-refractivity contribution in [3.05, 3.63) is 63.3 Å². The first-order valence-electron chi connectivity index (χ1n) is 6.70. The molecule has 0 aliphatic carbocycles. The zero-order valence-electron chi connectivity index (χ0n) is 11.8. The van der Waals surface area contributed by atoms with Gasteiger partial charge in [-0.25, -0.2) is 4.98 Å². The summed E-state index contributed by atoms with van der Waals surface area (Å²) >= 11 is 13.6. The molecular formula is C16H11Cl2NO3S. The third kappa shape index (κ3) is 3.93. The van der Waals surface area contributed by atoms with Gasteiger partial charge >= 0.3 is 5.97 Å². The number of halogens is 2. The number of hydrogen-bond acceptors (Lipinski definition) is 5. The molecule has 2 heterocycles. The van der Waals surface area contributed by atoms with Gasteiger partial charge in [-0.1, -0.05) is 35.3 Å². The van der Waals surface area contributed by atoms with Gasteiger partial charge in [0.2, 0.25) is 5.89 Å². The fourth-order valence-electron chi connectivity index (χ4n) is 1.94. The zero-order valence-corrected chi connectivity index (χ0v) is 14.1. The molecule has 3 aromatic rings. The predicted octanol–water partition coefficient (Wildman–Crippen LogP) is 5.00. The number of carbonyl (C=O) groups is 1. The van der Waals surface area contributed by atoms with Crippen LogP contribution >= 0.6 is 34.5 Å². The summed E-state index contributed by atoms with van der Waals surface area (Å²) < 4.78 is 10.6. The van der Waals surface area contributed by atoms with Gasteiger partial charge in [0.15, 0.2) is 0 Å². The molecule has 0 aliphatic heterocycles. The van der Waals surface area contributed by atoms with Gasteiger partial charge in [-0.2, -0.15) is 0 Å². The van der Waals surface area contributed by atoms with Crippen molar-refractivity contribution in [1.29, 1.82) is 0 Å². The number of rotatable bonds is 5. The summed E-state index contributed by atoms with van der Waals surface area (Å²) in [7, 11) is 0. The summed E-state index contributed by atoms with van der Waals surface area (Å²) in [6, 6.07) is 8.91. The van der Waals surface area contributed by atoms with E-state index in [1.165, 1.54) is 17.6 Å².